The van der Waals surface area contributed by atoms with E-state index < -0.39 is 5.97 Å². The largest absolute Gasteiger partial charge is 0.478 e. The van der Waals surface area contributed by atoms with E-state index >= 15 is 0 Å². The van der Waals surface area contributed by atoms with Gasteiger partial charge in [-0.15, -0.1) is 0 Å². The van der Waals surface area contributed by atoms with Crippen LogP contribution in [-0.4, -0.2) is 22.0 Å². The summed E-state index contributed by atoms with van der Waals surface area (Å²) in [6.07, 6.45) is 2.50. The number of aryl methyl sites for hydroxylation is 1. The van der Waals surface area contributed by atoms with Gasteiger partial charge in [-0.1, -0.05) is 22.0 Å². The van der Waals surface area contributed by atoms with Gasteiger partial charge in [-0.05, 0) is 36.8 Å². The van der Waals surface area contributed by atoms with Crippen molar-refractivity contribution in [3.8, 4) is 0 Å². The smallest absolute Gasteiger partial charge is 0.335 e. The molecule has 6 heteroatoms. The summed E-state index contributed by atoms with van der Waals surface area (Å²) < 4.78 is 0.599. The average Bonchev–Trinajstić information content (AvgIpc) is 2.45. The molecule has 1 heterocycles. The number of hydrogen-bond acceptors (Lipinski definition) is 3. The van der Waals surface area contributed by atoms with Gasteiger partial charge < -0.3 is 10.4 Å². The van der Waals surface area contributed by atoms with Crippen LogP contribution in [0.3, 0.4) is 0 Å². The second-order valence-corrected chi connectivity index (χ2v) is 5.32. The minimum absolute atomic E-state index is 0.115. The fourth-order valence-electron chi connectivity index (χ4n) is 1.80. The number of nitrogens with one attached hydrogen (secondary N) is 1. The van der Waals surface area contributed by atoms with Crippen LogP contribution in [0.15, 0.2) is 47.1 Å². The molecule has 0 aliphatic rings. The summed E-state index contributed by atoms with van der Waals surface area (Å²) in [5.74, 6) is -1.23. The van der Waals surface area contributed by atoms with Crippen LogP contribution in [0.4, 0.5) is 5.69 Å². The monoisotopic (exact) mass is 348 g/mol. The van der Waals surface area contributed by atoms with Crippen molar-refractivity contribution < 1.29 is 14.7 Å². The molecule has 0 saturated heterocycles. The first-order valence-corrected chi connectivity index (χ1v) is 7.07. The lowest BCUT2D eigenvalue weighted by Gasteiger charge is -2.07. The summed E-state index contributed by atoms with van der Waals surface area (Å²) in [6.45, 7) is 0. The lowest BCUT2D eigenvalue weighted by Crippen LogP contribution is -2.13. The molecule has 5 nitrogen and oxygen atoms in total. The van der Waals surface area contributed by atoms with Gasteiger partial charge in [0.05, 0.1) is 5.56 Å². The van der Waals surface area contributed by atoms with E-state index in [-0.39, 0.29) is 17.9 Å². The van der Waals surface area contributed by atoms with Crippen LogP contribution < -0.4 is 5.32 Å². The summed E-state index contributed by atoms with van der Waals surface area (Å²) in [5.41, 5.74) is 1.41. The van der Waals surface area contributed by atoms with Crippen LogP contribution >= 0.6 is 15.9 Å². The fourth-order valence-corrected chi connectivity index (χ4v) is 2.29. The molecule has 2 N–H and O–H groups in total. The number of aromatic carboxylic acids is 1. The summed E-state index contributed by atoms with van der Waals surface area (Å²) >= 11 is 3.22. The Labute approximate surface area is 130 Å². The number of halogens is 1. The lowest BCUT2D eigenvalue weighted by atomic mass is 10.2. The maximum atomic E-state index is 11.9. The molecular formula is C15H13BrN2O3. The van der Waals surface area contributed by atoms with E-state index in [2.05, 4.69) is 26.2 Å². The van der Waals surface area contributed by atoms with Crippen molar-refractivity contribution in [1.82, 2.24) is 4.98 Å². The third-order valence-corrected chi connectivity index (χ3v) is 3.22. The zero-order valence-electron chi connectivity index (χ0n) is 11.0. The van der Waals surface area contributed by atoms with Gasteiger partial charge in [0.1, 0.15) is 0 Å². The van der Waals surface area contributed by atoms with Crippen molar-refractivity contribution in [3.05, 3.63) is 58.3 Å². The van der Waals surface area contributed by atoms with E-state index in [4.69, 9.17) is 5.11 Å². The molecule has 1 amide bonds. The van der Waals surface area contributed by atoms with E-state index in [1.54, 1.807) is 12.3 Å². The van der Waals surface area contributed by atoms with Crippen LogP contribution in [0.5, 0.6) is 0 Å². The molecule has 0 atom stereocenters. The number of benzene rings is 1. The van der Waals surface area contributed by atoms with Crippen molar-refractivity contribution >= 4 is 33.5 Å². The predicted octanol–water partition coefficient (Wildman–Crippen LogP) is 3.11. The minimum atomic E-state index is -1.04. The molecule has 0 aliphatic carbocycles. The Kier molecular flexibility index (Phi) is 5.05. The van der Waals surface area contributed by atoms with Gasteiger partial charge in [0, 0.05) is 28.5 Å². The Morgan fingerprint density at radius 2 is 2.05 bits per heavy atom. The van der Waals surface area contributed by atoms with E-state index in [1.165, 1.54) is 12.1 Å². The third kappa shape index (κ3) is 4.68. The van der Waals surface area contributed by atoms with E-state index in [0.717, 1.165) is 5.69 Å². The van der Waals surface area contributed by atoms with Gasteiger partial charge in [-0.3, -0.25) is 9.78 Å². The molecule has 0 bridgehead atoms. The summed E-state index contributed by atoms with van der Waals surface area (Å²) in [5, 5.41) is 11.7. The summed E-state index contributed by atoms with van der Waals surface area (Å²) in [7, 11) is 0. The summed E-state index contributed by atoms with van der Waals surface area (Å²) in [4.78, 5) is 27.0. The number of carbonyl (C=O) groups is 2. The van der Waals surface area contributed by atoms with E-state index in [9.17, 15) is 9.59 Å². The number of anilines is 1. The van der Waals surface area contributed by atoms with Gasteiger partial charge in [0.2, 0.25) is 5.91 Å². The van der Waals surface area contributed by atoms with Crippen molar-refractivity contribution in [1.29, 1.82) is 0 Å². The molecule has 0 saturated carbocycles. The number of aromatic nitrogens is 1. The highest BCUT2D eigenvalue weighted by atomic mass is 79.9. The minimum Gasteiger partial charge on any atom is -0.478 e. The second-order valence-electron chi connectivity index (χ2n) is 4.40. The van der Waals surface area contributed by atoms with Gasteiger partial charge in [-0.2, -0.15) is 0 Å². The molecule has 0 aliphatic heterocycles. The number of carboxylic acid groups (broad SMARTS) is 1. The highest BCUT2D eigenvalue weighted by Gasteiger charge is 2.09. The molecule has 1 aromatic carbocycles. The first kappa shape index (κ1) is 15.2. The van der Waals surface area contributed by atoms with Crippen LogP contribution in [-0.2, 0) is 11.2 Å². The number of pyridine rings is 1. The number of nitrogens with zero attached hydrogens (tertiary/aromatic N) is 1. The quantitative estimate of drug-likeness (QED) is 0.869. The Bertz CT molecular complexity index is 659. The molecule has 2 aromatic rings. The average molecular weight is 349 g/mol. The Morgan fingerprint density at radius 3 is 2.71 bits per heavy atom. The first-order chi connectivity index (χ1) is 10.0. The van der Waals surface area contributed by atoms with Gasteiger partial charge >= 0.3 is 5.97 Å². The normalized spacial score (nSPS) is 10.1. The lowest BCUT2D eigenvalue weighted by molar-refractivity contribution is -0.116. The second kappa shape index (κ2) is 6.99. The zero-order valence-corrected chi connectivity index (χ0v) is 12.6. The maximum Gasteiger partial charge on any atom is 0.335 e. The van der Waals surface area contributed by atoms with Crippen LogP contribution in [0, 0.1) is 0 Å². The highest BCUT2D eigenvalue weighted by Crippen LogP contribution is 2.20. The maximum absolute atomic E-state index is 11.9. The SMILES string of the molecule is O=C(CCc1ccccn1)Nc1cc(Br)cc(C(=O)O)c1. The molecule has 0 fully saturated rings. The fraction of sp³-hybridized carbons (Fsp3) is 0.133. The Balaban J connectivity index is 1.98. The Morgan fingerprint density at radius 1 is 1.24 bits per heavy atom. The standard InChI is InChI=1S/C15H13BrN2O3/c16-11-7-10(15(20)21)8-13(9-11)18-14(19)5-4-12-3-1-2-6-17-12/h1-3,6-9H,4-5H2,(H,18,19)(H,20,21). The number of hydrogen-bond donors (Lipinski definition) is 2. The molecular weight excluding hydrogens is 336 g/mol. The number of amides is 1. The number of carbonyl (C=O) groups excluding carboxylic acids is 1. The van der Waals surface area contributed by atoms with Crippen molar-refractivity contribution in [2.45, 2.75) is 12.8 Å². The topological polar surface area (TPSA) is 79.3 Å². The van der Waals surface area contributed by atoms with Crippen molar-refractivity contribution in [2.75, 3.05) is 5.32 Å². The van der Waals surface area contributed by atoms with Crippen LogP contribution in [0.25, 0.3) is 0 Å². The molecule has 0 radical (unpaired) electrons. The van der Waals surface area contributed by atoms with Gasteiger partial charge in [0.15, 0.2) is 0 Å². The predicted molar refractivity (Wildman–Crippen MR) is 82.3 cm³/mol. The van der Waals surface area contributed by atoms with Crippen LogP contribution in [0.2, 0.25) is 0 Å². The molecule has 21 heavy (non-hydrogen) atoms. The Hall–Kier alpha value is -2.21. The number of carboxylic acids is 1. The van der Waals surface area contributed by atoms with E-state index in [1.807, 2.05) is 18.2 Å². The molecule has 2 rings (SSSR count). The first-order valence-electron chi connectivity index (χ1n) is 6.28. The zero-order chi connectivity index (χ0) is 15.2. The van der Waals surface area contributed by atoms with E-state index in [0.29, 0.717) is 16.6 Å². The number of rotatable bonds is 5. The molecule has 0 spiro atoms. The molecule has 1 aromatic heterocycles. The van der Waals surface area contributed by atoms with Crippen molar-refractivity contribution in [2.24, 2.45) is 0 Å². The summed E-state index contributed by atoms with van der Waals surface area (Å²) in [6, 6.07) is 10.1. The van der Waals surface area contributed by atoms with Gasteiger partial charge in [-0.25, -0.2) is 4.79 Å². The highest BCUT2D eigenvalue weighted by molar-refractivity contribution is 9.10. The van der Waals surface area contributed by atoms with Crippen LogP contribution in [0.1, 0.15) is 22.5 Å². The third-order valence-electron chi connectivity index (χ3n) is 2.76. The molecule has 108 valence electrons. The van der Waals surface area contributed by atoms with Crippen molar-refractivity contribution in [3.63, 3.8) is 0 Å². The van der Waals surface area contributed by atoms with Gasteiger partial charge in [0.25, 0.3) is 0 Å². The molecule has 0 unspecified atom stereocenters.